The second-order valence-corrected chi connectivity index (χ2v) is 7.24. The Hall–Kier alpha value is -2.11. The molecule has 0 spiro atoms. The van der Waals surface area contributed by atoms with Crippen molar-refractivity contribution in [1.29, 1.82) is 0 Å². The Morgan fingerprint density at radius 1 is 1.07 bits per heavy atom. The standard InChI is InChI=1S/C19H31N5O4.HI/c1-19(2,3)28-18(25)23-14-13-22-17(20-4)21-12-6-5-7-15-8-10-16(11-9-15)24(26)27;/h8-11H,5-7,12-14H2,1-4H3,(H,23,25)(H2,20,21,22);1H. The molecule has 0 fully saturated rings. The number of carbonyl (C=O) groups is 1. The van der Waals surface area contributed by atoms with Gasteiger partial charge in [0.05, 0.1) is 4.92 Å². The molecular weight excluding hydrogens is 489 g/mol. The van der Waals surface area contributed by atoms with Crippen LogP contribution in [0.15, 0.2) is 29.3 Å². The van der Waals surface area contributed by atoms with Gasteiger partial charge in [-0.2, -0.15) is 0 Å². The molecule has 1 amide bonds. The van der Waals surface area contributed by atoms with E-state index < -0.39 is 16.6 Å². The number of benzene rings is 1. The number of aryl methyl sites for hydroxylation is 1. The Bertz CT molecular complexity index is 660. The fourth-order valence-electron chi connectivity index (χ4n) is 2.33. The zero-order valence-corrected chi connectivity index (χ0v) is 19.8. The number of alkyl carbamates (subject to hydrolysis) is 1. The van der Waals surface area contributed by atoms with Crippen LogP contribution in [0.2, 0.25) is 0 Å². The molecular formula is C19H32IN5O4. The largest absolute Gasteiger partial charge is 0.444 e. The highest BCUT2D eigenvalue weighted by atomic mass is 127. The zero-order chi connectivity index (χ0) is 21.0. The number of nitrogens with one attached hydrogen (secondary N) is 3. The minimum absolute atomic E-state index is 0. The zero-order valence-electron chi connectivity index (χ0n) is 17.5. The minimum atomic E-state index is -0.510. The van der Waals surface area contributed by atoms with Crippen molar-refractivity contribution >= 4 is 41.7 Å². The molecule has 0 saturated heterocycles. The van der Waals surface area contributed by atoms with Crippen LogP contribution < -0.4 is 16.0 Å². The first kappa shape index (κ1) is 26.9. The minimum Gasteiger partial charge on any atom is -0.444 e. The van der Waals surface area contributed by atoms with Crippen LogP contribution in [-0.2, 0) is 11.2 Å². The lowest BCUT2D eigenvalue weighted by molar-refractivity contribution is -0.384. The van der Waals surface area contributed by atoms with Gasteiger partial charge in [0.1, 0.15) is 5.60 Å². The number of nitro groups is 1. The Morgan fingerprint density at radius 3 is 2.21 bits per heavy atom. The number of halogens is 1. The number of nitro benzene ring substituents is 1. The van der Waals surface area contributed by atoms with E-state index in [0.717, 1.165) is 31.4 Å². The fourth-order valence-corrected chi connectivity index (χ4v) is 2.33. The summed E-state index contributed by atoms with van der Waals surface area (Å²) < 4.78 is 5.16. The topological polar surface area (TPSA) is 118 Å². The molecule has 10 heteroatoms. The van der Waals surface area contributed by atoms with E-state index in [1.165, 1.54) is 12.1 Å². The van der Waals surface area contributed by atoms with Gasteiger partial charge in [-0.3, -0.25) is 15.1 Å². The maximum Gasteiger partial charge on any atom is 0.407 e. The lowest BCUT2D eigenvalue weighted by Crippen LogP contribution is -2.42. The van der Waals surface area contributed by atoms with Gasteiger partial charge in [-0.25, -0.2) is 4.79 Å². The van der Waals surface area contributed by atoms with Gasteiger partial charge in [0.25, 0.3) is 5.69 Å². The molecule has 0 bridgehead atoms. The second-order valence-electron chi connectivity index (χ2n) is 7.24. The van der Waals surface area contributed by atoms with Crippen LogP contribution >= 0.6 is 24.0 Å². The highest BCUT2D eigenvalue weighted by molar-refractivity contribution is 14.0. The van der Waals surface area contributed by atoms with E-state index in [9.17, 15) is 14.9 Å². The van der Waals surface area contributed by atoms with Gasteiger partial charge in [-0.1, -0.05) is 12.1 Å². The van der Waals surface area contributed by atoms with Crippen molar-refractivity contribution in [1.82, 2.24) is 16.0 Å². The second kappa shape index (κ2) is 14.0. The van der Waals surface area contributed by atoms with E-state index in [0.29, 0.717) is 19.0 Å². The molecule has 29 heavy (non-hydrogen) atoms. The molecule has 0 saturated carbocycles. The highest BCUT2D eigenvalue weighted by Crippen LogP contribution is 2.13. The van der Waals surface area contributed by atoms with Gasteiger partial charge in [0, 0.05) is 38.8 Å². The SMILES string of the molecule is CN=C(NCCCCc1ccc([N+](=O)[O-])cc1)NCCNC(=O)OC(C)(C)C.I. The number of ether oxygens (including phenoxy) is 1. The highest BCUT2D eigenvalue weighted by Gasteiger charge is 2.15. The molecule has 0 aromatic heterocycles. The summed E-state index contributed by atoms with van der Waals surface area (Å²) in [5, 5.41) is 19.6. The molecule has 3 N–H and O–H groups in total. The van der Waals surface area contributed by atoms with Crippen LogP contribution in [0, 0.1) is 10.1 Å². The van der Waals surface area contributed by atoms with Crippen LogP contribution in [0.3, 0.4) is 0 Å². The number of non-ortho nitro benzene ring substituents is 1. The van der Waals surface area contributed by atoms with Gasteiger partial charge in [-0.05, 0) is 45.6 Å². The van der Waals surface area contributed by atoms with Gasteiger partial charge in [0.15, 0.2) is 5.96 Å². The van der Waals surface area contributed by atoms with Gasteiger partial charge < -0.3 is 20.7 Å². The molecule has 1 aromatic carbocycles. The molecule has 1 rings (SSSR count). The quantitative estimate of drug-likeness (QED) is 0.115. The normalized spacial score (nSPS) is 11.2. The molecule has 0 atom stereocenters. The third-order valence-corrected chi connectivity index (χ3v) is 3.64. The molecule has 0 unspecified atom stereocenters. The summed E-state index contributed by atoms with van der Waals surface area (Å²) in [7, 11) is 1.69. The van der Waals surface area contributed by atoms with E-state index in [2.05, 4.69) is 20.9 Å². The Balaban J connectivity index is 0.00000784. The van der Waals surface area contributed by atoms with E-state index in [1.807, 2.05) is 20.8 Å². The van der Waals surface area contributed by atoms with Crippen molar-refractivity contribution in [3.63, 3.8) is 0 Å². The molecule has 0 radical (unpaired) electrons. The molecule has 0 aliphatic carbocycles. The van der Waals surface area contributed by atoms with Crippen LogP contribution in [0.1, 0.15) is 39.2 Å². The van der Waals surface area contributed by atoms with Crippen molar-refractivity contribution < 1.29 is 14.5 Å². The monoisotopic (exact) mass is 521 g/mol. The average Bonchev–Trinajstić information content (AvgIpc) is 2.62. The predicted molar refractivity (Wildman–Crippen MR) is 125 cm³/mol. The first-order valence-electron chi connectivity index (χ1n) is 9.36. The molecule has 0 aliphatic heterocycles. The van der Waals surface area contributed by atoms with E-state index in [4.69, 9.17) is 4.74 Å². The summed E-state index contributed by atoms with van der Waals surface area (Å²) >= 11 is 0. The number of amides is 1. The summed E-state index contributed by atoms with van der Waals surface area (Å²) in [6.07, 6.45) is 2.32. The van der Waals surface area contributed by atoms with E-state index in [-0.39, 0.29) is 29.7 Å². The Labute approximate surface area is 189 Å². The lowest BCUT2D eigenvalue weighted by atomic mass is 10.1. The summed E-state index contributed by atoms with van der Waals surface area (Å²) in [5.74, 6) is 0.668. The molecule has 9 nitrogen and oxygen atoms in total. The summed E-state index contributed by atoms with van der Waals surface area (Å²) in [5.41, 5.74) is 0.687. The van der Waals surface area contributed by atoms with Crippen LogP contribution in [0.5, 0.6) is 0 Å². The van der Waals surface area contributed by atoms with Crippen molar-refractivity contribution in [2.75, 3.05) is 26.7 Å². The van der Waals surface area contributed by atoms with Crippen LogP contribution in [0.25, 0.3) is 0 Å². The van der Waals surface area contributed by atoms with Crippen LogP contribution in [0.4, 0.5) is 10.5 Å². The average molecular weight is 521 g/mol. The van der Waals surface area contributed by atoms with E-state index in [1.54, 1.807) is 19.2 Å². The van der Waals surface area contributed by atoms with Crippen molar-refractivity contribution in [2.45, 2.75) is 45.6 Å². The third-order valence-electron chi connectivity index (χ3n) is 3.64. The Kier molecular flexibility index (Phi) is 12.9. The molecule has 164 valence electrons. The van der Waals surface area contributed by atoms with Crippen LogP contribution in [-0.4, -0.2) is 49.3 Å². The lowest BCUT2D eigenvalue weighted by Gasteiger charge is -2.19. The van der Waals surface area contributed by atoms with Gasteiger partial charge in [0.2, 0.25) is 0 Å². The Morgan fingerprint density at radius 2 is 1.66 bits per heavy atom. The summed E-state index contributed by atoms with van der Waals surface area (Å²) in [6.45, 7) is 7.16. The number of nitrogens with zero attached hydrogens (tertiary/aromatic N) is 2. The predicted octanol–water partition coefficient (Wildman–Crippen LogP) is 3.23. The first-order valence-corrected chi connectivity index (χ1v) is 9.36. The van der Waals surface area contributed by atoms with Gasteiger partial charge in [-0.15, -0.1) is 24.0 Å². The molecule has 0 aliphatic rings. The van der Waals surface area contributed by atoms with Crippen molar-refractivity contribution in [3.8, 4) is 0 Å². The maximum absolute atomic E-state index is 11.5. The number of aliphatic imine (C=N–C) groups is 1. The summed E-state index contributed by atoms with van der Waals surface area (Å²) in [4.78, 5) is 25.9. The van der Waals surface area contributed by atoms with Gasteiger partial charge >= 0.3 is 6.09 Å². The fraction of sp³-hybridized carbons (Fsp3) is 0.579. The summed E-state index contributed by atoms with van der Waals surface area (Å²) in [6, 6.07) is 6.66. The maximum atomic E-state index is 11.5. The van der Waals surface area contributed by atoms with Crippen molar-refractivity contribution in [3.05, 3.63) is 39.9 Å². The third kappa shape index (κ3) is 12.9. The number of hydrogen-bond donors (Lipinski definition) is 3. The smallest absolute Gasteiger partial charge is 0.407 e. The molecule has 1 aromatic rings. The van der Waals surface area contributed by atoms with E-state index >= 15 is 0 Å². The number of rotatable bonds is 9. The number of carbonyl (C=O) groups excluding carboxylic acids is 1. The number of guanidine groups is 1. The first-order chi connectivity index (χ1) is 13.2. The molecule has 0 heterocycles. The van der Waals surface area contributed by atoms with Crippen molar-refractivity contribution in [2.24, 2.45) is 4.99 Å². The number of hydrogen-bond acceptors (Lipinski definition) is 5. The number of unbranched alkanes of at least 4 members (excludes halogenated alkanes) is 1.